The molecule has 6 nitrogen and oxygen atoms in total. The number of methoxy groups -OCH3 is 1. The fourth-order valence-electron chi connectivity index (χ4n) is 5.26. The molecule has 0 aliphatic carbocycles. The first kappa shape index (κ1) is 29.0. The van der Waals surface area contributed by atoms with Crippen LogP contribution in [0.1, 0.15) is 36.2 Å². The number of piperazine rings is 1. The van der Waals surface area contributed by atoms with E-state index in [1.54, 1.807) is 12.1 Å². The summed E-state index contributed by atoms with van der Waals surface area (Å²) < 4.78 is 44.9. The summed E-state index contributed by atoms with van der Waals surface area (Å²) in [6.07, 6.45) is 0.825. The molecule has 0 N–H and O–H groups in total. The first-order valence-electron chi connectivity index (χ1n) is 13.6. The maximum Gasteiger partial charge on any atom is 0.341 e. The zero-order valence-electron chi connectivity index (χ0n) is 23.4. The second kappa shape index (κ2) is 12.2. The third-order valence-corrected chi connectivity index (χ3v) is 7.77. The number of rotatable bonds is 7. The van der Waals surface area contributed by atoms with Gasteiger partial charge in [0.2, 0.25) is 5.82 Å². The molecule has 41 heavy (non-hydrogen) atoms. The van der Waals surface area contributed by atoms with Crippen LogP contribution in [0, 0.1) is 11.6 Å². The molecule has 9 heteroatoms. The van der Waals surface area contributed by atoms with E-state index in [-0.39, 0.29) is 22.7 Å². The number of carbonyl (C=O) groups is 1. The number of benzene rings is 3. The predicted octanol–water partition coefficient (Wildman–Crippen LogP) is 6.97. The second-order valence-corrected chi connectivity index (χ2v) is 11.3. The number of esters is 1. The van der Waals surface area contributed by atoms with Gasteiger partial charge in [0.15, 0.2) is 11.6 Å². The third kappa shape index (κ3) is 6.72. The number of carbonyl (C=O) groups excluding carboxylic acids is 1. The van der Waals surface area contributed by atoms with Gasteiger partial charge in [-0.2, -0.15) is 4.39 Å². The average molecular weight is 583 g/mol. The van der Waals surface area contributed by atoms with Gasteiger partial charge in [-0.25, -0.2) is 9.18 Å². The second-order valence-electron chi connectivity index (χ2n) is 10.9. The van der Waals surface area contributed by atoms with E-state index in [4.69, 9.17) is 25.8 Å². The number of hydrogen-bond donors (Lipinski definition) is 0. The Morgan fingerprint density at radius 3 is 2.44 bits per heavy atom. The van der Waals surface area contributed by atoms with Gasteiger partial charge in [0.25, 0.3) is 0 Å². The maximum absolute atomic E-state index is 14.3. The van der Waals surface area contributed by atoms with Crippen LogP contribution in [0.3, 0.4) is 0 Å². The molecule has 216 valence electrons. The molecular formula is C32H33ClF2N2O4. The monoisotopic (exact) mass is 582 g/mol. The van der Waals surface area contributed by atoms with Gasteiger partial charge < -0.3 is 19.1 Å². The van der Waals surface area contributed by atoms with Gasteiger partial charge in [-0.15, -0.1) is 0 Å². The first-order valence-corrected chi connectivity index (χ1v) is 13.9. The van der Waals surface area contributed by atoms with Crippen LogP contribution in [0.4, 0.5) is 14.5 Å². The Morgan fingerprint density at radius 2 is 1.73 bits per heavy atom. The molecule has 0 saturated carbocycles. The zero-order chi connectivity index (χ0) is 29.1. The molecule has 0 spiro atoms. The quantitative estimate of drug-likeness (QED) is 0.280. The Labute approximate surface area is 244 Å². The van der Waals surface area contributed by atoms with E-state index in [2.05, 4.69) is 35.8 Å². The van der Waals surface area contributed by atoms with Crippen molar-refractivity contribution in [3.05, 3.63) is 94.0 Å². The van der Waals surface area contributed by atoms with E-state index in [1.807, 2.05) is 18.2 Å². The van der Waals surface area contributed by atoms with Gasteiger partial charge in [0, 0.05) is 55.9 Å². The normalized spacial score (nSPS) is 17.5. The molecule has 0 bridgehead atoms. The summed E-state index contributed by atoms with van der Waals surface area (Å²) in [5.41, 5.74) is 4.46. The lowest BCUT2D eigenvalue weighted by molar-refractivity contribution is -0.0101. The lowest BCUT2D eigenvalue weighted by Gasteiger charge is -2.39. The summed E-state index contributed by atoms with van der Waals surface area (Å²) in [7, 11) is 1.26. The minimum absolute atomic E-state index is 0.0982. The van der Waals surface area contributed by atoms with Crippen molar-refractivity contribution in [2.45, 2.75) is 25.9 Å². The highest BCUT2D eigenvalue weighted by molar-refractivity contribution is 6.30. The fraction of sp³-hybridized carbons (Fsp3) is 0.344. The smallest absolute Gasteiger partial charge is 0.341 e. The number of nitrogens with zero attached hydrogens (tertiary/aromatic N) is 2. The Hall–Kier alpha value is -3.46. The number of halogens is 3. The van der Waals surface area contributed by atoms with E-state index >= 15 is 0 Å². The van der Waals surface area contributed by atoms with E-state index in [9.17, 15) is 13.6 Å². The number of hydrogen-bond acceptors (Lipinski definition) is 6. The summed E-state index contributed by atoms with van der Waals surface area (Å²) in [5.74, 6) is -2.99. The minimum Gasteiger partial charge on any atom is -0.465 e. The van der Waals surface area contributed by atoms with Crippen molar-refractivity contribution >= 4 is 28.8 Å². The molecule has 0 aromatic heterocycles. The minimum atomic E-state index is -1.12. The van der Waals surface area contributed by atoms with Crippen molar-refractivity contribution in [1.29, 1.82) is 0 Å². The van der Waals surface area contributed by atoms with E-state index in [0.717, 1.165) is 50.9 Å². The molecular weight excluding hydrogens is 550 g/mol. The molecule has 0 amide bonds. The van der Waals surface area contributed by atoms with Crippen molar-refractivity contribution in [2.24, 2.45) is 0 Å². The molecule has 5 rings (SSSR count). The van der Waals surface area contributed by atoms with Crippen LogP contribution in [0.15, 0.2) is 66.2 Å². The van der Waals surface area contributed by atoms with Crippen molar-refractivity contribution in [3.8, 4) is 11.5 Å². The fourth-order valence-corrected chi connectivity index (χ4v) is 5.38. The predicted molar refractivity (Wildman–Crippen MR) is 156 cm³/mol. The lowest BCUT2D eigenvalue weighted by Crippen LogP contribution is -2.47. The van der Waals surface area contributed by atoms with Gasteiger partial charge in [-0.1, -0.05) is 29.8 Å². The van der Waals surface area contributed by atoms with Gasteiger partial charge in [0.1, 0.15) is 11.3 Å². The summed E-state index contributed by atoms with van der Waals surface area (Å²) >= 11 is 6.14. The van der Waals surface area contributed by atoms with Crippen molar-refractivity contribution < 1.29 is 27.8 Å². The summed E-state index contributed by atoms with van der Waals surface area (Å²) in [5, 5.41) is 0.715. The molecule has 1 saturated heterocycles. The van der Waals surface area contributed by atoms with E-state index in [0.29, 0.717) is 11.6 Å². The Balaban J connectivity index is 1.32. The van der Waals surface area contributed by atoms with Crippen molar-refractivity contribution in [1.82, 2.24) is 4.90 Å². The summed E-state index contributed by atoms with van der Waals surface area (Å²) in [4.78, 5) is 17.0. The van der Waals surface area contributed by atoms with Crippen LogP contribution < -0.4 is 9.64 Å². The number of anilines is 1. The molecule has 2 heterocycles. The Bertz CT molecular complexity index is 1450. The SMILES string of the molecule is COC(=O)c1ccc(N2CCN(CC3=C(c4ccc(Cl)cc4)CC(C)(C)OC3)CC2)cc1Oc1cccc(F)c1F. The molecule has 1 fully saturated rings. The molecule has 0 atom stereocenters. The highest BCUT2D eigenvalue weighted by atomic mass is 35.5. The Morgan fingerprint density at radius 1 is 1.00 bits per heavy atom. The van der Waals surface area contributed by atoms with Gasteiger partial charge in [-0.3, -0.25) is 4.90 Å². The van der Waals surface area contributed by atoms with Crippen molar-refractivity contribution in [3.63, 3.8) is 0 Å². The molecule has 2 aliphatic rings. The lowest BCUT2D eigenvalue weighted by atomic mass is 9.87. The van der Waals surface area contributed by atoms with Crippen LogP contribution in [0.25, 0.3) is 5.57 Å². The maximum atomic E-state index is 14.3. The molecule has 0 radical (unpaired) electrons. The zero-order valence-corrected chi connectivity index (χ0v) is 24.1. The largest absolute Gasteiger partial charge is 0.465 e. The summed E-state index contributed by atoms with van der Waals surface area (Å²) in [6, 6.07) is 16.7. The first-order chi connectivity index (χ1) is 19.6. The molecule has 3 aromatic rings. The number of ether oxygens (including phenoxy) is 3. The third-order valence-electron chi connectivity index (χ3n) is 7.52. The van der Waals surface area contributed by atoms with Crippen LogP contribution in [-0.4, -0.2) is 62.9 Å². The van der Waals surface area contributed by atoms with E-state index in [1.165, 1.54) is 36.0 Å². The standard InChI is InChI=1S/C32H33ClF2N2O4/c1-32(2)18-26(21-7-9-23(33)10-8-21)22(20-40-32)19-36-13-15-37(16-14-36)24-11-12-25(31(38)39-3)29(17-24)41-28-6-4-5-27(34)30(28)35/h4-12,17H,13-16,18-20H2,1-3H3. The molecule has 0 unspecified atom stereocenters. The highest BCUT2D eigenvalue weighted by Crippen LogP contribution is 2.36. The van der Waals surface area contributed by atoms with Gasteiger partial charge >= 0.3 is 5.97 Å². The Kier molecular flexibility index (Phi) is 8.63. The van der Waals surface area contributed by atoms with Gasteiger partial charge in [-0.05, 0) is 67.0 Å². The van der Waals surface area contributed by atoms with Crippen LogP contribution in [-0.2, 0) is 9.47 Å². The van der Waals surface area contributed by atoms with Crippen LogP contribution in [0.2, 0.25) is 5.02 Å². The average Bonchev–Trinajstić information content (AvgIpc) is 2.97. The van der Waals surface area contributed by atoms with E-state index < -0.39 is 17.6 Å². The molecule has 3 aromatic carbocycles. The van der Waals surface area contributed by atoms with Crippen LogP contribution >= 0.6 is 11.6 Å². The van der Waals surface area contributed by atoms with Crippen molar-refractivity contribution in [2.75, 3.05) is 51.3 Å². The van der Waals surface area contributed by atoms with Gasteiger partial charge in [0.05, 0.1) is 19.3 Å². The topological polar surface area (TPSA) is 51.2 Å². The highest BCUT2D eigenvalue weighted by Gasteiger charge is 2.30. The summed E-state index contributed by atoms with van der Waals surface area (Å²) in [6.45, 7) is 8.72. The van der Waals surface area contributed by atoms with Crippen LogP contribution in [0.5, 0.6) is 11.5 Å². The molecule has 2 aliphatic heterocycles.